The first-order chi connectivity index (χ1) is 8.85. The molecule has 5 nitrogen and oxygen atoms in total. The number of carbonyl (C=O) groups excluding carboxylic acids is 2. The first kappa shape index (κ1) is 15.3. The zero-order valence-electron chi connectivity index (χ0n) is 11.2. The Morgan fingerprint density at radius 1 is 1.26 bits per heavy atom. The number of methoxy groups -OCH3 is 1. The van der Waals surface area contributed by atoms with E-state index in [1.807, 2.05) is 0 Å². The van der Waals surface area contributed by atoms with E-state index in [1.165, 1.54) is 27.0 Å². The summed E-state index contributed by atoms with van der Waals surface area (Å²) in [6.45, 7) is 4.52. The van der Waals surface area contributed by atoms with Gasteiger partial charge >= 0.3 is 5.97 Å². The van der Waals surface area contributed by atoms with E-state index in [0.717, 1.165) is 0 Å². The van der Waals surface area contributed by atoms with Crippen LogP contribution in [0.4, 0.5) is 0 Å². The van der Waals surface area contributed by atoms with Gasteiger partial charge in [-0.25, -0.2) is 0 Å². The molecule has 1 aromatic rings. The molecule has 0 heterocycles. The monoisotopic (exact) mass is 285 g/mol. The van der Waals surface area contributed by atoms with Crippen LogP contribution in [0.25, 0.3) is 0 Å². The van der Waals surface area contributed by atoms with Crippen molar-refractivity contribution in [2.45, 2.75) is 26.8 Å². The summed E-state index contributed by atoms with van der Waals surface area (Å²) in [5, 5.41) is 3.11. The van der Waals surface area contributed by atoms with Gasteiger partial charge in [-0.2, -0.15) is 0 Å². The maximum absolute atomic E-state index is 11.1. The molecule has 1 N–H and O–H groups in total. The largest absolute Gasteiger partial charge is 0.493 e. The molecule has 0 spiro atoms. The van der Waals surface area contributed by atoms with Gasteiger partial charge in [0.2, 0.25) is 5.91 Å². The molecular formula is C13H16ClNO4. The number of hydrogen-bond acceptors (Lipinski definition) is 4. The van der Waals surface area contributed by atoms with E-state index < -0.39 is 5.97 Å². The molecule has 0 radical (unpaired) electrons. The molecule has 1 rings (SSSR count). The zero-order chi connectivity index (χ0) is 14.6. The first-order valence-corrected chi connectivity index (χ1v) is 6.06. The smallest absolute Gasteiger partial charge is 0.308 e. The van der Waals surface area contributed by atoms with Crippen molar-refractivity contribution in [1.82, 2.24) is 5.32 Å². The maximum Gasteiger partial charge on any atom is 0.308 e. The number of esters is 1. The molecule has 0 aliphatic carbocycles. The van der Waals surface area contributed by atoms with Crippen LogP contribution >= 0.6 is 11.6 Å². The van der Waals surface area contributed by atoms with Gasteiger partial charge < -0.3 is 14.8 Å². The minimum atomic E-state index is -0.461. The van der Waals surface area contributed by atoms with Crippen molar-refractivity contribution in [1.29, 1.82) is 0 Å². The highest BCUT2D eigenvalue weighted by atomic mass is 35.5. The molecule has 0 saturated heterocycles. The number of nitrogens with one attached hydrogen (secondary N) is 1. The third-order valence-electron chi connectivity index (χ3n) is 2.42. The van der Waals surface area contributed by atoms with Gasteiger partial charge in [0.15, 0.2) is 11.5 Å². The molecule has 0 aliphatic heterocycles. The van der Waals surface area contributed by atoms with E-state index in [1.54, 1.807) is 13.0 Å². The van der Waals surface area contributed by atoms with Gasteiger partial charge in [0.25, 0.3) is 0 Å². The topological polar surface area (TPSA) is 64.6 Å². The van der Waals surface area contributed by atoms with Gasteiger partial charge in [0.05, 0.1) is 13.2 Å². The van der Waals surface area contributed by atoms with Gasteiger partial charge in [-0.15, -0.1) is 0 Å². The van der Waals surface area contributed by atoms with Crippen LogP contribution in [-0.2, 0) is 9.59 Å². The lowest BCUT2D eigenvalue weighted by molar-refractivity contribution is -0.132. The number of halogens is 1. The van der Waals surface area contributed by atoms with Gasteiger partial charge in [-0.05, 0) is 18.6 Å². The van der Waals surface area contributed by atoms with Crippen molar-refractivity contribution in [2.24, 2.45) is 0 Å². The molecule has 6 heteroatoms. The third kappa shape index (κ3) is 4.13. The summed E-state index contributed by atoms with van der Waals surface area (Å²) in [4.78, 5) is 22.0. The fraction of sp³-hybridized carbons (Fsp3) is 0.385. The maximum atomic E-state index is 11.1. The Balaban J connectivity index is 3.15. The fourth-order valence-electron chi connectivity index (χ4n) is 1.66. The van der Waals surface area contributed by atoms with Crippen molar-refractivity contribution >= 4 is 23.5 Å². The quantitative estimate of drug-likeness (QED) is 0.682. The molecule has 1 amide bonds. The van der Waals surface area contributed by atoms with Crippen molar-refractivity contribution in [3.8, 4) is 11.5 Å². The summed E-state index contributed by atoms with van der Waals surface area (Å²) < 4.78 is 10.1. The standard InChI is InChI=1S/C13H16ClNO4/c1-7(15-8(2)16)10-5-12(18-4)13(6-11(10)14)19-9(3)17/h5-7H,1-4H3,(H,15,16). The van der Waals surface area contributed by atoms with E-state index in [-0.39, 0.29) is 17.7 Å². The number of hydrogen-bond donors (Lipinski definition) is 1. The number of amides is 1. The number of carbonyl (C=O) groups is 2. The molecule has 0 aliphatic rings. The molecule has 0 bridgehead atoms. The zero-order valence-corrected chi connectivity index (χ0v) is 12.0. The highest BCUT2D eigenvalue weighted by Gasteiger charge is 2.16. The van der Waals surface area contributed by atoms with Crippen LogP contribution in [0, 0.1) is 0 Å². The molecule has 0 aromatic heterocycles. The predicted octanol–water partition coefficient (Wildman–Crippen LogP) is 2.47. The summed E-state index contributed by atoms with van der Waals surface area (Å²) in [5.74, 6) is 0.00852. The molecule has 0 fully saturated rings. The van der Waals surface area contributed by atoms with Crippen LogP contribution in [-0.4, -0.2) is 19.0 Å². The van der Waals surface area contributed by atoms with E-state index in [0.29, 0.717) is 16.3 Å². The summed E-state index contributed by atoms with van der Waals surface area (Å²) >= 11 is 6.12. The van der Waals surface area contributed by atoms with Crippen LogP contribution in [0.2, 0.25) is 5.02 Å². The Kier molecular flexibility index (Phi) is 5.18. The van der Waals surface area contributed by atoms with Crippen LogP contribution in [0.15, 0.2) is 12.1 Å². The van der Waals surface area contributed by atoms with Crippen molar-refractivity contribution in [2.75, 3.05) is 7.11 Å². The van der Waals surface area contributed by atoms with E-state index >= 15 is 0 Å². The number of benzene rings is 1. The Bertz CT molecular complexity index is 502. The van der Waals surface area contributed by atoms with E-state index in [2.05, 4.69) is 5.32 Å². The Hall–Kier alpha value is -1.75. The van der Waals surface area contributed by atoms with Crippen molar-refractivity contribution < 1.29 is 19.1 Å². The second kappa shape index (κ2) is 6.43. The first-order valence-electron chi connectivity index (χ1n) is 5.68. The van der Waals surface area contributed by atoms with Gasteiger partial charge in [-0.3, -0.25) is 9.59 Å². The minimum absolute atomic E-state index is 0.161. The van der Waals surface area contributed by atoms with Gasteiger partial charge in [0, 0.05) is 24.9 Å². The summed E-state index contributed by atoms with van der Waals surface area (Å²) in [6.07, 6.45) is 0. The molecule has 19 heavy (non-hydrogen) atoms. The Labute approximate surface area is 116 Å². The Morgan fingerprint density at radius 2 is 1.89 bits per heavy atom. The van der Waals surface area contributed by atoms with Gasteiger partial charge in [0.1, 0.15) is 0 Å². The van der Waals surface area contributed by atoms with Crippen LogP contribution in [0.5, 0.6) is 11.5 Å². The lowest BCUT2D eigenvalue weighted by Crippen LogP contribution is -2.23. The van der Waals surface area contributed by atoms with Crippen LogP contribution in [0.3, 0.4) is 0 Å². The van der Waals surface area contributed by atoms with E-state index in [4.69, 9.17) is 21.1 Å². The summed E-state index contributed by atoms with van der Waals surface area (Å²) in [5.41, 5.74) is 0.685. The summed E-state index contributed by atoms with van der Waals surface area (Å²) in [6, 6.07) is 2.86. The van der Waals surface area contributed by atoms with Gasteiger partial charge in [-0.1, -0.05) is 11.6 Å². The second-order valence-corrected chi connectivity index (χ2v) is 4.45. The molecule has 0 saturated carbocycles. The number of ether oxygens (including phenoxy) is 2. The number of rotatable bonds is 4. The summed E-state index contributed by atoms with van der Waals surface area (Å²) in [7, 11) is 1.46. The fourth-order valence-corrected chi connectivity index (χ4v) is 1.98. The second-order valence-electron chi connectivity index (χ2n) is 4.04. The normalized spacial score (nSPS) is 11.6. The van der Waals surface area contributed by atoms with Crippen molar-refractivity contribution in [3.05, 3.63) is 22.7 Å². The average molecular weight is 286 g/mol. The molecule has 104 valence electrons. The molecule has 1 unspecified atom stereocenters. The van der Waals surface area contributed by atoms with Crippen LogP contribution in [0.1, 0.15) is 32.4 Å². The van der Waals surface area contributed by atoms with E-state index in [9.17, 15) is 9.59 Å². The SMILES string of the molecule is COc1cc(C(C)NC(C)=O)c(Cl)cc1OC(C)=O. The highest BCUT2D eigenvalue weighted by molar-refractivity contribution is 6.31. The minimum Gasteiger partial charge on any atom is -0.493 e. The third-order valence-corrected chi connectivity index (χ3v) is 2.75. The lowest BCUT2D eigenvalue weighted by Gasteiger charge is -2.17. The molecule has 1 aromatic carbocycles. The highest BCUT2D eigenvalue weighted by Crippen LogP contribution is 2.36. The van der Waals surface area contributed by atoms with Crippen molar-refractivity contribution in [3.63, 3.8) is 0 Å². The molecular weight excluding hydrogens is 270 g/mol. The van der Waals surface area contributed by atoms with Crippen LogP contribution < -0.4 is 14.8 Å². The lowest BCUT2D eigenvalue weighted by atomic mass is 10.1. The Morgan fingerprint density at radius 3 is 2.37 bits per heavy atom. The predicted molar refractivity (Wildman–Crippen MR) is 71.5 cm³/mol. The molecule has 1 atom stereocenters. The average Bonchev–Trinajstić information content (AvgIpc) is 2.27.